The van der Waals surface area contributed by atoms with Crippen molar-refractivity contribution in [2.45, 2.75) is 24.4 Å². The van der Waals surface area contributed by atoms with Gasteiger partial charge in [-0.3, -0.25) is 14.7 Å². The minimum absolute atomic E-state index is 0.178. The van der Waals surface area contributed by atoms with Gasteiger partial charge >= 0.3 is 0 Å². The highest BCUT2D eigenvalue weighted by atomic mass is 35.5. The van der Waals surface area contributed by atoms with Crippen LogP contribution >= 0.6 is 11.6 Å². The smallest absolute Gasteiger partial charge is 0.263 e. The highest BCUT2D eigenvalue weighted by molar-refractivity contribution is 6.30. The molecule has 1 aliphatic rings. The molecule has 1 aliphatic heterocycles. The van der Waals surface area contributed by atoms with Gasteiger partial charge in [0.1, 0.15) is 12.3 Å². The summed E-state index contributed by atoms with van der Waals surface area (Å²) >= 11 is 5.96. The molecule has 168 valence electrons. The van der Waals surface area contributed by atoms with Gasteiger partial charge in [-0.05, 0) is 41.5 Å². The Balaban J connectivity index is 1.58. The number of benzene rings is 2. The molecule has 1 aromatic heterocycles. The van der Waals surface area contributed by atoms with E-state index in [1.165, 1.54) is 17.2 Å². The number of pyridine rings is 1. The highest BCUT2D eigenvalue weighted by Gasteiger charge is 2.45. The fourth-order valence-corrected chi connectivity index (χ4v) is 4.12. The van der Waals surface area contributed by atoms with Crippen molar-refractivity contribution in [1.82, 2.24) is 15.2 Å². The third-order valence-electron chi connectivity index (χ3n) is 5.59. The van der Waals surface area contributed by atoms with Gasteiger partial charge in [-0.15, -0.1) is 0 Å². The van der Waals surface area contributed by atoms with Gasteiger partial charge in [0.15, 0.2) is 0 Å². The number of likely N-dealkylation sites (tertiary alicyclic amines) is 1. The van der Waals surface area contributed by atoms with E-state index in [0.717, 1.165) is 11.1 Å². The number of carbonyl (C=O) groups is 2. The summed E-state index contributed by atoms with van der Waals surface area (Å²) < 4.78 is 27.4. The Labute approximate surface area is 193 Å². The molecule has 0 unspecified atom stereocenters. The van der Waals surface area contributed by atoms with Gasteiger partial charge in [0.05, 0.1) is 29.7 Å². The number of halogens is 3. The predicted octanol–water partition coefficient (Wildman–Crippen LogP) is 4.09. The third kappa shape index (κ3) is 5.00. The van der Waals surface area contributed by atoms with Crippen molar-refractivity contribution in [2.75, 3.05) is 13.1 Å². The van der Waals surface area contributed by atoms with Gasteiger partial charge in [0, 0.05) is 29.6 Å². The molecule has 0 radical (unpaired) electrons. The molecular formula is C24H19ClF2N4O2. The number of rotatable bonds is 6. The molecule has 2 aromatic carbocycles. The number of nitriles is 1. The molecule has 0 spiro atoms. The van der Waals surface area contributed by atoms with Crippen molar-refractivity contribution in [3.63, 3.8) is 0 Å². The second-order valence-electron chi connectivity index (χ2n) is 7.95. The number of nitrogens with one attached hydrogen (secondary N) is 1. The maximum absolute atomic E-state index is 13.7. The lowest BCUT2D eigenvalue weighted by molar-refractivity contribution is -0.110. The van der Waals surface area contributed by atoms with Crippen LogP contribution < -0.4 is 5.32 Å². The summed E-state index contributed by atoms with van der Waals surface area (Å²) in [5, 5.41) is 12.9. The highest BCUT2D eigenvalue weighted by Crippen LogP contribution is 2.31. The van der Waals surface area contributed by atoms with E-state index in [0.29, 0.717) is 27.8 Å². The van der Waals surface area contributed by atoms with Crippen LogP contribution in [-0.2, 0) is 4.79 Å². The molecule has 0 saturated carbocycles. The molecule has 1 amide bonds. The molecule has 3 aromatic rings. The number of alkyl halides is 2. The minimum Gasteiger partial charge on any atom is -0.341 e. The van der Waals surface area contributed by atoms with Crippen molar-refractivity contribution in [3.05, 3.63) is 65.3 Å². The van der Waals surface area contributed by atoms with E-state index in [2.05, 4.69) is 10.3 Å². The fraction of sp³-hybridized carbons (Fsp3) is 0.250. The van der Waals surface area contributed by atoms with Gasteiger partial charge in [-0.2, -0.15) is 5.26 Å². The van der Waals surface area contributed by atoms with Crippen LogP contribution in [0.15, 0.2) is 54.7 Å². The Morgan fingerprint density at radius 3 is 2.70 bits per heavy atom. The van der Waals surface area contributed by atoms with Crippen molar-refractivity contribution in [2.24, 2.45) is 0 Å². The normalized spacial score (nSPS) is 18.5. The van der Waals surface area contributed by atoms with Crippen LogP contribution in [0.25, 0.3) is 22.0 Å². The lowest BCUT2D eigenvalue weighted by Crippen LogP contribution is -2.46. The summed E-state index contributed by atoms with van der Waals surface area (Å²) in [6.07, 6.45) is 1.39. The molecule has 6 nitrogen and oxygen atoms in total. The number of nitrogens with zero attached hydrogens (tertiary/aromatic N) is 3. The van der Waals surface area contributed by atoms with E-state index < -0.39 is 36.9 Å². The molecule has 2 heterocycles. The first kappa shape index (κ1) is 22.8. The number of fused-ring (bicyclic) bond motifs is 1. The summed E-state index contributed by atoms with van der Waals surface area (Å²) in [6.45, 7) is -0.809. The van der Waals surface area contributed by atoms with E-state index >= 15 is 0 Å². The third-order valence-corrected chi connectivity index (χ3v) is 5.84. The lowest BCUT2D eigenvalue weighted by atomic mass is 10.0. The van der Waals surface area contributed by atoms with Gasteiger partial charge in [-0.1, -0.05) is 29.8 Å². The molecule has 1 N–H and O–H groups in total. The Morgan fingerprint density at radius 2 is 2.00 bits per heavy atom. The lowest BCUT2D eigenvalue weighted by Gasteiger charge is -2.23. The van der Waals surface area contributed by atoms with Gasteiger partial charge in [0.25, 0.3) is 11.8 Å². The fourth-order valence-electron chi connectivity index (χ4n) is 3.99. The van der Waals surface area contributed by atoms with Crippen LogP contribution in [0.2, 0.25) is 5.02 Å². The van der Waals surface area contributed by atoms with E-state index in [1.54, 1.807) is 18.2 Å². The first-order valence-electron chi connectivity index (χ1n) is 10.2. The van der Waals surface area contributed by atoms with Crippen LogP contribution in [-0.4, -0.2) is 53.2 Å². The Bertz CT molecular complexity index is 1240. The standard InChI is InChI=1S/C24H19ClF2N4O2/c25-17-4-1-15(2-5-17)16-3-6-22-21(9-16)20(7-8-29-22)23(33)30-18(13-32)12-31-14-24(26,27)10-19(31)11-28/h1-9,13,18-19H,10,12,14H2,(H,30,33)/t18-,19-/m0/s1. The van der Waals surface area contributed by atoms with Crippen LogP contribution in [0.3, 0.4) is 0 Å². The monoisotopic (exact) mass is 468 g/mol. The summed E-state index contributed by atoms with van der Waals surface area (Å²) in [5.74, 6) is -3.54. The Kier molecular flexibility index (Phi) is 6.36. The second-order valence-corrected chi connectivity index (χ2v) is 8.38. The molecule has 9 heteroatoms. The van der Waals surface area contributed by atoms with Gasteiger partial charge in [0.2, 0.25) is 0 Å². The zero-order valence-electron chi connectivity index (χ0n) is 17.3. The van der Waals surface area contributed by atoms with Gasteiger partial charge < -0.3 is 10.1 Å². The molecule has 2 atom stereocenters. The first-order chi connectivity index (χ1) is 15.8. The average molecular weight is 469 g/mol. The van der Waals surface area contributed by atoms with Crippen LogP contribution in [0, 0.1) is 11.3 Å². The largest absolute Gasteiger partial charge is 0.341 e. The van der Waals surface area contributed by atoms with Crippen molar-refractivity contribution in [3.8, 4) is 17.2 Å². The minimum atomic E-state index is -3.00. The summed E-state index contributed by atoms with van der Waals surface area (Å²) in [6, 6.07) is 14.1. The number of hydrogen-bond donors (Lipinski definition) is 1. The van der Waals surface area contributed by atoms with E-state index in [1.807, 2.05) is 30.3 Å². The predicted molar refractivity (Wildman–Crippen MR) is 120 cm³/mol. The molecule has 0 aliphatic carbocycles. The Hall–Kier alpha value is -3.41. The molecule has 33 heavy (non-hydrogen) atoms. The number of aldehydes is 1. The van der Waals surface area contributed by atoms with E-state index in [4.69, 9.17) is 16.9 Å². The molecular weight excluding hydrogens is 450 g/mol. The average Bonchev–Trinajstić information content (AvgIpc) is 3.11. The topological polar surface area (TPSA) is 86.1 Å². The maximum atomic E-state index is 13.7. The van der Waals surface area contributed by atoms with Crippen molar-refractivity contribution < 1.29 is 18.4 Å². The van der Waals surface area contributed by atoms with Crippen LogP contribution in [0.1, 0.15) is 16.8 Å². The molecule has 4 rings (SSSR count). The maximum Gasteiger partial charge on any atom is 0.263 e. The summed E-state index contributed by atoms with van der Waals surface area (Å²) in [7, 11) is 0. The number of amides is 1. The van der Waals surface area contributed by atoms with E-state index in [-0.39, 0.29) is 6.54 Å². The van der Waals surface area contributed by atoms with Crippen LogP contribution in [0.4, 0.5) is 8.78 Å². The number of hydrogen-bond acceptors (Lipinski definition) is 5. The van der Waals surface area contributed by atoms with E-state index in [9.17, 15) is 18.4 Å². The number of carbonyl (C=O) groups excluding carboxylic acids is 2. The zero-order chi connectivity index (χ0) is 23.6. The molecule has 1 fully saturated rings. The summed E-state index contributed by atoms with van der Waals surface area (Å²) in [4.78, 5) is 30.2. The first-order valence-corrected chi connectivity index (χ1v) is 10.6. The van der Waals surface area contributed by atoms with Crippen LogP contribution in [0.5, 0.6) is 0 Å². The van der Waals surface area contributed by atoms with Crippen molar-refractivity contribution >= 4 is 34.7 Å². The SMILES string of the molecule is N#C[C@@H]1CC(F)(F)CN1C[C@@H](C=O)NC(=O)c1ccnc2ccc(-c3ccc(Cl)cc3)cc12. The quantitative estimate of drug-likeness (QED) is 0.551. The second kappa shape index (κ2) is 9.22. The number of aromatic nitrogens is 1. The molecule has 0 bridgehead atoms. The zero-order valence-corrected chi connectivity index (χ0v) is 18.1. The van der Waals surface area contributed by atoms with Crippen molar-refractivity contribution in [1.29, 1.82) is 5.26 Å². The molecule has 1 saturated heterocycles. The van der Waals surface area contributed by atoms with Gasteiger partial charge in [-0.25, -0.2) is 8.78 Å². The Morgan fingerprint density at radius 1 is 1.27 bits per heavy atom. The summed E-state index contributed by atoms with van der Waals surface area (Å²) in [5.41, 5.74) is 2.64.